The van der Waals surface area contributed by atoms with E-state index in [1.165, 1.54) is 0 Å². The number of hydrogen-bond acceptors (Lipinski definition) is 4. The minimum Gasteiger partial charge on any atom is -0.376 e. The van der Waals surface area contributed by atoms with E-state index in [0.717, 1.165) is 17.7 Å². The number of nitrogens with zero attached hydrogens (tertiary/aromatic N) is 2. The van der Waals surface area contributed by atoms with Gasteiger partial charge in [0.15, 0.2) is 0 Å². The van der Waals surface area contributed by atoms with Crippen LogP contribution in [0.1, 0.15) is 15.9 Å². The largest absolute Gasteiger partial charge is 0.376 e. The second-order valence-corrected chi connectivity index (χ2v) is 4.98. The second kappa shape index (κ2) is 6.85. The molecule has 110 valence electrons. The third-order valence-electron chi connectivity index (χ3n) is 3.18. The van der Waals surface area contributed by atoms with E-state index in [1.807, 2.05) is 49.3 Å². The van der Waals surface area contributed by atoms with E-state index in [0.29, 0.717) is 17.8 Å². The van der Waals surface area contributed by atoms with Gasteiger partial charge in [-0.3, -0.25) is 9.78 Å². The van der Waals surface area contributed by atoms with Gasteiger partial charge in [0, 0.05) is 25.9 Å². The van der Waals surface area contributed by atoms with E-state index in [9.17, 15) is 4.79 Å². The Balaban J connectivity index is 2.14. The number of aromatic nitrogens is 1. The van der Waals surface area contributed by atoms with Crippen molar-refractivity contribution in [3.63, 3.8) is 0 Å². The Kier molecular flexibility index (Phi) is 4.90. The Morgan fingerprint density at radius 2 is 1.95 bits per heavy atom. The monoisotopic (exact) mass is 284 g/mol. The van der Waals surface area contributed by atoms with E-state index in [1.54, 1.807) is 12.4 Å². The van der Waals surface area contributed by atoms with E-state index in [-0.39, 0.29) is 5.91 Å². The van der Waals surface area contributed by atoms with E-state index < -0.39 is 0 Å². The number of pyridine rings is 1. The smallest absolute Gasteiger partial charge is 0.255 e. The summed E-state index contributed by atoms with van der Waals surface area (Å²) < 4.78 is 0. The quantitative estimate of drug-likeness (QED) is 0.879. The van der Waals surface area contributed by atoms with Crippen LogP contribution in [0.25, 0.3) is 0 Å². The van der Waals surface area contributed by atoms with Crippen molar-refractivity contribution in [2.45, 2.75) is 6.42 Å². The molecule has 0 spiro atoms. The van der Waals surface area contributed by atoms with Gasteiger partial charge in [-0.25, -0.2) is 0 Å². The number of carbonyl (C=O) groups is 1. The van der Waals surface area contributed by atoms with Gasteiger partial charge in [0.25, 0.3) is 5.91 Å². The molecule has 1 aromatic carbocycles. The number of nitrogens with two attached hydrogens (primary N) is 1. The fraction of sp³-hybridized carbons (Fsp3) is 0.250. The summed E-state index contributed by atoms with van der Waals surface area (Å²) in [5.41, 5.74) is 8.87. The average Bonchev–Trinajstić information content (AvgIpc) is 2.48. The third-order valence-corrected chi connectivity index (χ3v) is 3.18. The highest BCUT2D eigenvalue weighted by Gasteiger charge is 2.10. The highest BCUT2D eigenvalue weighted by atomic mass is 16.1. The lowest BCUT2D eigenvalue weighted by Crippen LogP contribution is -2.17. The standard InChI is InChI=1S/C16H20N4O/c1-20(2)15-8-10-18-11-14(15)19-16(21)13-5-3-12(4-6-13)7-9-17/h3-6,8,10-11H,7,9,17H2,1-2H3,(H,19,21). The molecule has 0 aliphatic rings. The van der Waals surface area contributed by atoms with E-state index in [4.69, 9.17) is 5.73 Å². The molecule has 0 aliphatic heterocycles. The van der Waals surface area contributed by atoms with Crippen molar-refractivity contribution < 1.29 is 4.79 Å². The molecule has 0 bridgehead atoms. The van der Waals surface area contributed by atoms with Gasteiger partial charge >= 0.3 is 0 Å². The zero-order chi connectivity index (χ0) is 15.2. The number of nitrogens with one attached hydrogen (secondary N) is 1. The summed E-state index contributed by atoms with van der Waals surface area (Å²) in [5.74, 6) is -0.148. The van der Waals surface area contributed by atoms with Gasteiger partial charge in [0.05, 0.1) is 17.6 Å². The number of hydrogen-bond donors (Lipinski definition) is 2. The lowest BCUT2D eigenvalue weighted by atomic mass is 10.1. The minimum atomic E-state index is -0.148. The van der Waals surface area contributed by atoms with Gasteiger partial charge in [0.2, 0.25) is 0 Å². The van der Waals surface area contributed by atoms with Crippen LogP contribution in [0.3, 0.4) is 0 Å². The molecule has 0 atom stereocenters. The Morgan fingerprint density at radius 3 is 2.57 bits per heavy atom. The van der Waals surface area contributed by atoms with Gasteiger partial charge in [-0.05, 0) is 36.7 Å². The molecule has 1 heterocycles. The molecule has 0 saturated heterocycles. The third kappa shape index (κ3) is 3.79. The zero-order valence-corrected chi connectivity index (χ0v) is 12.3. The fourth-order valence-corrected chi connectivity index (χ4v) is 2.06. The van der Waals surface area contributed by atoms with Gasteiger partial charge < -0.3 is 16.0 Å². The van der Waals surface area contributed by atoms with Crippen LogP contribution in [-0.4, -0.2) is 31.5 Å². The lowest BCUT2D eigenvalue weighted by Gasteiger charge is -2.17. The Morgan fingerprint density at radius 1 is 1.24 bits per heavy atom. The van der Waals surface area contributed by atoms with Gasteiger partial charge in [-0.15, -0.1) is 0 Å². The van der Waals surface area contributed by atoms with Crippen molar-refractivity contribution in [3.8, 4) is 0 Å². The van der Waals surface area contributed by atoms with Crippen LogP contribution in [0.15, 0.2) is 42.7 Å². The number of carbonyl (C=O) groups excluding carboxylic acids is 1. The van der Waals surface area contributed by atoms with Crippen LogP contribution >= 0.6 is 0 Å². The van der Waals surface area contributed by atoms with Crippen molar-refractivity contribution in [2.75, 3.05) is 30.9 Å². The summed E-state index contributed by atoms with van der Waals surface area (Å²) in [6.45, 7) is 0.605. The van der Waals surface area contributed by atoms with Gasteiger partial charge in [0.1, 0.15) is 0 Å². The summed E-state index contributed by atoms with van der Waals surface area (Å²) in [7, 11) is 3.85. The van der Waals surface area contributed by atoms with Crippen LogP contribution in [0.4, 0.5) is 11.4 Å². The molecular formula is C16H20N4O. The highest BCUT2D eigenvalue weighted by Crippen LogP contribution is 2.22. The first-order chi connectivity index (χ1) is 10.1. The van der Waals surface area contributed by atoms with Crippen molar-refractivity contribution in [1.29, 1.82) is 0 Å². The first kappa shape index (κ1) is 15.0. The molecule has 21 heavy (non-hydrogen) atoms. The summed E-state index contributed by atoms with van der Waals surface area (Å²) in [6.07, 6.45) is 4.16. The number of anilines is 2. The first-order valence-electron chi connectivity index (χ1n) is 6.83. The predicted octanol–water partition coefficient (Wildman–Crippen LogP) is 1.90. The van der Waals surface area contributed by atoms with Gasteiger partial charge in [-0.1, -0.05) is 12.1 Å². The zero-order valence-electron chi connectivity index (χ0n) is 12.3. The van der Waals surface area contributed by atoms with Crippen molar-refractivity contribution in [3.05, 3.63) is 53.9 Å². The summed E-state index contributed by atoms with van der Waals surface area (Å²) in [5, 5.41) is 2.89. The lowest BCUT2D eigenvalue weighted by molar-refractivity contribution is 0.102. The Hall–Kier alpha value is -2.40. The number of rotatable bonds is 5. The average molecular weight is 284 g/mol. The SMILES string of the molecule is CN(C)c1ccncc1NC(=O)c1ccc(CCN)cc1. The molecule has 2 aromatic rings. The summed E-state index contributed by atoms with van der Waals surface area (Å²) in [4.78, 5) is 18.3. The van der Waals surface area contributed by atoms with E-state index >= 15 is 0 Å². The maximum Gasteiger partial charge on any atom is 0.255 e. The molecule has 1 aromatic heterocycles. The minimum absolute atomic E-state index is 0.148. The molecule has 0 fully saturated rings. The van der Waals surface area contributed by atoms with Crippen molar-refractivity contribution >= 4 is 17.3 Å². The highest BCUT2D eigenvalue weighted by molar-refractivity contribution is 6.05. The Labute approximate surface area is 124 Å². The molecule has 5 heteroatoms. The normalized spacial score (nSPS) is 10.2. The van der Waals surface area contributed by atoms with Crippen molar-refractivity contribution in [1.82, 2.24) is 4.98 Å². The van der Waals surface area contributed by atoms with Crippen LogP contribution < -0.4 is 16.0 Å². The van der Waals surface area contributed by atoms with Crippen molar-refractivity contribution in [2.24, 2.45) is 5.73 Å². The molecule has 0 radical (unpaired) electrons. The van der Waals surface area contributed by atoms with Crippen LogP contribution in [-0.2, 0) is 6.42 Å². The molecule has 0 unspecified atom stereocenters. The number of amides is 1. The molecule has 5 nitrogen and oxygen atoms in total. The number of benzene rings is 1. The molecule has 2 rings (SSSR count). The second-order valence-electron chi connectivity index (χ2n) is 4.98. The topological polar surface area (TPSA) is 71.2 Å². The van der Waals surface area contributed by atoms with Crippen LogP contribution in [0.5, 0.6) is 0 Å². The summed E-state index contributed by atoms with van der Waals surface area (Å²) >= 11 is 0. The molecule has 0 aliphatic carbocycles. The molecular weight excluding hydrogens is 264 g/mol. The van der Waals surface area contributed by atoms with Crippen LogP contribution in [0.2, 0.25) is 0 Å². The first-order valence-corrected chi connectivity index (χ1v) is 6.83. The fourth-order valence-electron chi connectivity index (χ4n) is 2.06. The molecule has 0 saturated carbocycles. The molecule has 1 amide bonds. The Bertz CT molecular complexity index is 608. The van der Waals surface area contributed by atoms with E-state index in [2.05, 4.69) is 10.3 Å². The maximum atomic E-state index is 12.3. The predicted molar refractivity (Wildman–Crippen MR) is 85.7 cm³/mol. The molecule has 3 N–H and O–H groups in total. The maximum absolute atomic E-state index is 12.3. The summed E-state index contributed by atoms with van der Waals surface area (Å²) in [6, 6.07) is 9.34. The van der Waals surface area contributed by atoms with Crippen LogP contribution in [0, 0.1) is 0 Å². The van der Waals surface area contributed by atoms with Gasteiger partial charge in [-0.2, -0.15) is 0 Å².